The third-order valence-electron chi connectivity index (χ3n) is 4.64. The maximum absolute atomic E-state index is 12.5. The Morgan fingerprint density at radius 1 is 0.903 bits per heavy atom. The lowest BCUT2D eigenvalue weighted by Crippen LogP contribution is -2.31. The van der Waals surface area contributed by atoms with E-state index >= 15 is 0 Å². The first kappa shape index (κ1) is 20.4. The first-order valence-electron chi connectivity index (χ1n) is 10.1. The summed E-state index contributed by atoms with van der Waals surface area (Å²) in [6, 6.07) is 19.8. The predicted octanol–water partition coefficient (Wildman–Crippen LogP) is 5.05. The van der Waals surface area contributed by atoms with Crippen molar-refractivity contribution in [3.05, 3.63) is 66.7 Å². The molecule has 160 valence electrons. The highest BCUT2D eigenvalue weighted by Crippen LogP contribution is 2.34. The van der Waals surface area contributed by atoms with Gasteiger partial charge in [0.15, 0.2) is 11.5 Å². The molecular weight excluding hydrogens is 396 g/mol. The Kier molecular flexibility index (Phi) is 6.12. The molecule has 7 heteroatoms. The van der Waals surface area contributed by atoms with Crippen molar-refractivity contribution in [1.82, 2.24) is 0 Å². The second-order valence-electron chi connectivity index (χ2n) is 6.95. The molecule has 0 bridgehead atoms. The summed E-state index contributed by atoms with van der Waals surface area (Å²) in [7, 11) is 0. The number of carbonyl (C=O) groups is 1. The van der Waals surface area contributed by atoms with Crippen LogP contribution in [-0.4, -0.2) is 25.3 Å². The fourth-order valence-corrected chi connectivity index (χ4v) is 3.07. The summed E-state index contributed by atoms with van der Waals surface area (Å²) in [5, 5.41) is 6.06. The van der Waals surface area contributed by atoms with E-state index in [0.29, 0.717) is 29.5 Å². The molecule has 2 N–H and O–H groups in total. The molecule has 3 aromatic rings. The van der Waals surface area contributed by atoms with Crippen molar-refractivity contribution in [2.45, 2.75) is 19.9 Å². The van der Waals surface area contributed by atoms with Crippen molar-refractivity contribution in [3.63, 3.8) is 0 Å². The minimum Gasteiger partial charge on any atom is -0.494 e. The number of benzene rings is 3. The fourth-order valence-electron chi connectivity index (χ4n) is 3.07. The van der Waals surface area contributed by atoms with Gasteiger partial charge in [-0.3, -0.25) is 4.79 Å². The van der Waals surface area contributed by atoms with Crippen LogP contribution in [0, 0.1) is 0 Å². The van der Waals surface area contributed by atoms with Crippen molar-refractivity contribution < 1.29 is 23.7 Å². The maximum atomic E-state index is 12.5. The molecule has 0 spiro atoms. The molecular formula is C24H24N2O5. The number of anilines is 2. The minimum absolute atomic E-state index is 0.159. The van der Waals surface area contributed by atoms with Crippen molar-refractivity contribution >= 4 is 17.3 Å². The molecule has 1 aliphatic heterocycles. The highest BCUT2D eigenvalue weighted by Gasteiger charge is 2.17. The molecule has 0 radical (unpaired) electrons. The number of hydrogen-bond donors (Lipinski definition) is 2. The van der Waals surface area contributed by atoms with Crippen LogP contribution < -0.4 is 29.6 Å². The Labute approximate surface area is 180 Å². The lowest BCUT2D eigenvalue weighted by molar-refractivity contribution is -0.116. The van der Waals surface area contributed by atoms with Crippen LogP contribution in [0.5, 0.6) is 28.7 Å². The van der Waals surface area contributed by atoms with Crippen LogP contribution in [-0.2, 0) is 4.79 Å². The van der Waals surface area contributed by atoms with Gasteiger partial charge in [0.25, 0.3) is 0 Å². The first-order chi connectivity index (χ1) is 15.1. The molecule has 1 aliphatic rings. The summed E-state index contributed by atoms with van der Waals surface area (Å²) in [5.74, 6) is 3.38. The van der Waals surface area contributed by atoms with E-state index in [-0.39, 0.29) is 12.7 Å². The quantitative estimate of drug-likeness (QED) is 0.531. The number of carbonyl (C=O) groups excluding carboxylic acids is 1. The van der Waals surface area contributed by atoms with Gasteiger partial charge >= 0.3 is 0 Å². The summed E-state index contributed by atoms with van der Waals surface area (Å²) in [6.45, 7) is 4.57. The molecule has 1 atom stereocenters. The Morgan fingerprint density at radius 3 is 2.23 bits per heavy atom. The van der Waals surface area contributed by atoms with Gasteiger partial charge in [0.1, 0.15) is 23.3 Å². The third kappa shape index (κ3) is 5.19. The van der Waals surface area contributed by atoms with Crippen molar-refractivity contribution in [2.24, 2.45) is 0 Å². The van der Waals surface area contributed by atoms with Gasteiger partial charge < -0.3 is 29.6 Å². The highest BCUT2D eigenvalue weighted by atomic mass is 16.7. The number of ether oxygens (including phenoxy) is 4. The van der Waals surface area contributed by atoms with Gasteiger partial charge in [-0.05, 0) is 74.5 Å². The summed E-state index contributed by atoms with van der Waals surface area (Å²) in [5.41, 5.74) is 1.47. The molecule has 0 aliphatic carbocycles. The lowest BCUT2D eigenvalue weighted by Gasteiger charge is -2.16. The molecule has 0 aromatic heterocycles. The molecule has 0 saturated heterocycles. The smallest absolute Gasteiger partial charge is 0.246 e. The van der Waals surface area contributed by atoms with E-state index in [9.17, 15) is 4.79 Å². The number of hydrogen-bond acceptors (Lipinski definition) is 6. The minimum atomic E-state index is -0.441. The van der Waals surface area contributed by atoms with Gasteiger partial charge in [0.05, 0.1) is 6.61 Å². The van der Waals surface area contributed by atoms with Gasteiger partial charge in [0, 0.05) is 17.4 Å². The fraction of sp³-hybridized carbons (Fsp3) is 0.208. The summed E-state index contributed by atoms with van der Waals surface area (Å²) in [4.78, 5) is 12.5. The largest absolute Gasteiger partial charge is 0.494 e. The van der Waals surface area contributed by atoms with E-state index in [1.165, 1.54) is 0 Å². The van der Waals surface area contributed by atoms with Crippen LogP contribution >= 0.6 is 0 Å². The van der Waals surface area contributed by atoms with Crippen LogP contribution in [0.1, 0.15) is 13.8 Å². The van der Waals surface area contributed by atoms with Gasteiger partial charge in [-0.1, -0.05) is 0 Å². The Bertz CT molecular complexity index is 1030. The zero-order chi connectivity index (χ0) is 21.6. The predicted molar refractivity (Wildman–Crippen MR) is 118 cm³/mol. The normalized spacial score (nSPS) is 12.7. The first-order valence-corrected chi connectivity index (χ1v) is 10.1. The zero-order valence-corrected chi connectivity index (χ0v) is 17.4. The molecule has 3 aromatic carbocycles. The second kappa shape index (κ2) is 9.30. The van der Waals surface area contributed by atoms with Gasteiger partial charge in [-0.15, -0.1) is 0 Å². The van der Waals surface area contributed by atoms with E-state index in [1.54, 1.807) is 25.1 Å². The summed E-state index contributed by atoms with van der Waals surface area (Å²) < 4.78 is 21.9. The number of fused-ring (bicyclic) bond motifs is 1. The molecule has 0 unspecified atom stereocenters. The third-order valence-corrected chi connectivity index (χ3v) is 4.64. The maximum Gasteiger partial charge on any atom is 0.246 e. The molecule has 4 rings (SSSR count). The Hall–Kier alpha value is -3.87. The Morgan fingerprint density at radius 2 is 1.52 bits per heavy atom. The molecule has 1 heterocycles. The van der Waals surface area contributed by atoms with E-state index in [0.717, 1.165) is 17.2 Å². The number of amides is 1. The van der Waals surface area contributed by atoms with E-state index in [4.69, 9.17) is 18.9 Å². The van der Waals surface area contributed by atoms with Crippen LogP contribution in [0.2, 0.25) is 0 Å². The van der Waals surface area contributed by atoms with Crippen LogP contribution in [0.3, 0.4) is 0 Å². The van der Waals surface area contributed by atoms with Crippen LogP contribution in [0.4, 0.5) is 11.4 Å². The highest BCUT2D eigenvalue weighted by molar-refractivity contribution is 5.96. The topological polar surface area (TPSA) is 78.1 Å². The molecule has 7 nitrogen and oxygen atoms in total. The lowest BCUT2D eigenvalue weighted by atomic mass is 10.2. The molecule has 31 heavy (non-hydrogen) atoms. The number of nitrogens with one attached hydrogen (secondary N) is 2. The van der Waals surface area contributed by atoms with Gasteiger partial charge in [-0.25, -0.2) is 0 Å². The summed E-state index contributed by atoms with van der Waals surface area (Å²) >= 11 is 0. The Balaban J connectivity index is 1.31. The van der Waals surface area contributed by atoms with Crippen molar-refractivity contribution in [1.29, 1.82) is 0 Å². The van der Waals surface area contributed by atoms with E-state index in [2.05, 4.69) is 10.6 Å². The van der Waals surface area contributed by atoms with E-state index in [1.807, 2.05) is 55.5 Å². The summed E-state index contributed by atoms with van der Waals surface area (Å²) in [6.07, 6.45) is 0. The monoisotopic (exact) mass is 420 g/mol. The van der Waals surface area contributed by atoms with Crippen molar-refractivity contribution in [3.8, 4) is 28.7 Å². The SMILES string of the molecule is CCOc1ccc(Oc2ccc(N[C@@H](C)C(=O)Nc3ccc4c(c3)OCO4)cc2)cc1. The van der Waals surface area contributed by atoms with Gasteiger partial charge in [-0.2, -0.15) is 0 Å². The van der Waals surface area contributed by atoms with Crippen molar-refractivity contribution in [2.75, 3.05) is 24.0 Å². The molecule has 0 fully saturated rings. The average molecular weight is 420 g/mol. The average Bonchev–Trinajstić information content (AvgIpc) is 3.24. The molecule has 0 saturated carbocycles. The van der Waals surface area contributed by atoms with Crippen LogP contribution in [0.25, 0.3) is 0 Å². The zero-order valence-electron chi connectivity index (χ0n) is 17.4. The number of rotatable bonds is 8. The van der Waals surface area contributed by atoms with E-state index < -0.39 is 6.04 Å². The van der Waals surface area contributed by atoms with Gasteiger partial charge in [0.2, 0.25) is 12.7 Å². The standard InChI is InChI=1S/C24H24N2O5/c1-3-28-19-9-11-21(12-10-19)31-20-7-4-17(5-8-20)25-16(2)24(27)26-18-6-13-22-23(14-18)30-15-29-22/h4-14,16,25H,3,15H2,1-2H3,(H,26,27)/t16-/m0/s1. The molecule has 1 amide bonds. The van der Waals surface area contributed by atoms with Crippen LogP contribution in [0.15, 0.2) is 66.7 Å². The second-order valence-corrected chi connectivity index (χ2v) is 6.95.